The minimum absolute atomic E-state index is 0. The number of halogens is 1. The summed E-state index contributed by atoms with van der Waals surface area (Å²) >= 11 is 0. The van der Waals surface area contributed by atoms with E-state index >= 15 is 0 Å². The lowest BCUT2D eigenvalue weighted by atomic mass is 10.1. The summed E-state index contributed by atoms with van der Waals surface area (Å²) in [7, 11) is 0. The highest BCUT2D eigenvalue weighted by Gasteiger charge is 2.06. The van der Waals surface area contributed by atoms with Gasteiger partial charge in [0.15, 0.2) is 0 Å². The average Bonchev–Trinajstić information content (AvgIpc) is 2.50. The molecule has 1 aromatic carbocycles. The summed E-state index contributed by atoms with van der Waals surface area (Å²) in [5.74, 6) is 0.846. The lowest BCUT2D eigenvalue weighted by Crippen LogP contribution is -2.25. The van der Waals surface area contributed by atoms with Crippen LogP contribution in [0.25, 0.3) is 0 Å². The molecule has 2 aromatic rings. The molecule has 1 aromatic heterocycles. The first kappa shape index (κ1) is 19.0. The molecular formula is C18H23ClN2O2. The molecule has 124 valence electrons. The summed E-state index contributed by atoms with van der Waals surface area (Å²) < 4.78 is 5.72. The highest BCUT2D eigenvalue weighted by atomic mass is 35.5. The number of hydrogen-bond donors (Lipinski definition) is 1. The first-order chi connectivity index (χ1) is 10.6. The molecule has 0 aliphatic heterocycles. The van der Waals surface area contributed by atoms with Gasteiger partial charge in [0, 0.05) is 24.5 Å². The van der Waals surface area contributed by atoms with E-state index in [4.69, 9.17) is 4.74 Å². The van der Waals surface area contributed by atoms with Crippen LogP contribution < -0.4 is 10.1 Å². The fraction of sp³-hybridized carbons (Fsp3) is 0.333. The number of rotatable bonds is 6. The van der Waals surface area contributed by atoms with E-state index in [0.717, 1.165) is 17.7 Å². The summed E-state index contributed by atoms with van der Waals surface area (Å²) in [5.41, 5.74) is 2.93. The van der Waals surface area contributed by atoms with Crippen LogP contribution in [-0.2, 0) is 6.42 Å². The fourth-order valence-corrected chi connectivity index (χ4v) is 2.18. The highest BCUT2D eigenvalue weighted by molar-refractivity contribution is 5.93. The van der Waals surface area contributed by atoms with Gasteiger partial charge in [-0.3, -0.25) is 9.78 Å². The Balaban J connectivity index is 0.00000264. The summed E-state index contributed by atoms with van der Waals surface area (Å²) in [6, 6.07) is 9.56. The van der Waals surface area contributed by atoms with Crippen LogP contribution in [0.4, 0.5) is 0 Å². The predicted molar refractivity (Wildman–Crippen MR) is 94.5 cm³/mol. The molecular weight excluding hydrogens is 312 g/mol. The number of ether oxygens (including phenoxy) is 1. The highest BCUT2D eigenvalue weighted by Crippen LogP contribution is 2.20. The van der Waals surface area contributed by atoms with Crippen LogP contribution in [0.3, 0.4) is 0 Å². The van der Waals surface area contributed by atoms with Crippen molar-refractivity contribution in [1.29, 1.82) is 0 Å². The minimum Gasteiger partial charge on any atom is -0.491 e. The van der Waals surface area contributed by atoms with Crippen LogP contribution in [0.2, 0.25) is 0 Å². The number of nitrogens with zero attached hydrogens (tertiary/aromatic N) is 1. The second-order valence-corrected chi connectivity index (χ2v) is 5.51. The van der Waals surface area contributed by atoms with Crippen LogP contribution >= 0.6 is 12.4 Å². The van der Waals surface area contributed by atoms with Crippen LogP contribution in [0, 0.1) is 6.92 Å². The molecule has 0 aliphatic carbocycles. The third kappa shape index (κ3) is 5.91. The van der Waals surface area contributed by atoms with Crippen molar-refractivity contribution >= 4 is 18.3 Å². The molecule has 0 radical (unpaired) electrons. The van der Waals surface area contributed by atoms with Crippen molar-refractivity contribution in [2.45, 2.75) is 33.3 Å². The second kappa shape index (κ2) is 9.16. The lowest BCUT2D eigenvalue weighted by molar-refractivity contribution is 0.0954. The van der Waals surface area contributed by atoms with Crippen LogP contribution in [0.5, 0.6) is 5.75 Å². The summed E-state index contributed by atoms with van der Waals surface area (Å²) in [5, 5.41) is 2.92. The molecule has 5 heteroatoms. The number of carbonyl (C=O) groups is 1. The Kier molecular flexibility index (Phi) is 7.55. The Morgan fingerprint density at radius 3 is 2.52 bits per heavy atom. The van der Waals surface area contributed by atoms with Crippen molar-refractivity contribution in [1.82, 2.24) is 10.3 Å². The van der Waals surface area contributed by atoms with Crippen molar-refractivity contribution in [3.8, 4) is 5.75 Å². The van der Waals surface area contributed by atoms with Crippen LogP contribution in [-0.4, -0.2) is 23.5 Å². The Morgan fingerprint density at radius 2 is 1.91 bits per heavy atom. The standard InChI is InChI=1S/C18H22N2O2.ClH/c1-13(2)22-17-5-4-15(12-14(17)3)6-11-20-18(21)16-7-9-19-10-8-16;/h4-5,7-10,12-13H,6,11H2,1-3H3,(H,20,21);1H. The van der Waals surface area contributed by atoms with Crippen molar-refractivity contribution in [2.24, 2.45) is 0 Å². The van der Waals surface area contributed by atoms with Crippen molar-refractivity contribution in [3.63, 3.8) is 0 Å². The zero-order valence-electron chi connectivity index (χ0n) is 13.7. The van der Waals surface area contributed by atoms with Crippen LogP contribution in [0.1, 0.15) is 35.3 Å². The van der Waals surface area contributed by atoms with E-state index in [-0.39, 0.29) is 24.4 Å². The number of aromatic nitrogens is 1. The number of benzene rings is 1. The first-order valence-electron chi connectivity index (χ1n) is 7.50. The third-order valence-electron chi connectivity index (χ3n) is 3.24. The zero-order chi connectivity index (χ0) is 15.9. The van der Waals surface area contributed by atoms with E-state index in [2.05, 4.69) is 16.4 Å². The van der Waals surface area contributed by atoms with Gasteiger partial charge in [-0.25, -0.2) is 0 Å². The molecule has 0 aliphatic rings. The molecule has 1 N–H and O–H groups in total. The normalized spacial score (nSPS) is 10.1. The Labute approximate surface area is 143 Å². The molecule has 0 spiro atoms. The van der Waals surface area contributed by atoms with Gasteiger partial charge in [0.1, 0.15) is 5.75 Å². The maximum atomic E-state index is 11.9. The minimum atomic E-state index is -0.0705. The molecule has 4 nitrogen and oxygen atoms in total. The quantitative estimate of drug-likeness (QED) is 0.878. The van der Waals surface area contributed by atoms with Crippen molar-refractivity contribution in [2.75, 3.05) is 6.54 Å². The van der Waals surface area contributed by atoms with Gasteiger partial charge in [-0.15, -0.1) is 12.4 Å². The van der Waals surface area contributed by atoms with Crippen molar-refractivity contribution < 1.29 is 9.53 Å². The molecule has 0 bridgehead atoms. The Bertz CT molecular complexity index is 630. The molecule has 0 atom stereocenters. The van der Waals surface area contributed by atoms with E-state index in [0.29, 0.717) is 12.1 Å². The summed E-state index contributed by atoms with van der Waals surface area (Å²) in [4.78, 5) is 15.8. The maximum absolute atomic E-state index is 11.9. The summed E-state index contributed by atoms with van der Waals surface area (Å²) in [6.45, 7) is 6.67. The van der Waals surface area contributed by atoms with E-state index < -0.39 is 0 Å². The van der Waals surface area contributed by atoms with E-state index in [1.165, 1.54) is 5.56 Å². The topological polar surface area (TPSA) is 51.2 Å². The van der Waals surface area contributed by atoms with Crippen LogP contribution in [0.15, 0.2) is 42.7 Å². The first-order valence-corrected chi connectivity index (χ1v) is 7.50. The number of carbonyl (C=O) groups excluding carboxylic acids is 1. The lowest BCUT2D eigenvalue weighted by Gasteiger charge is -2.13. The SMILES string of the molecule is Cc1cc(CCNC(=O)c2ccncc2)ccc1OC(C)C.Cl. The van der Waals surface area contributed by atoms with E-state index in [9.17, 15) is 4.79 Å². The number of amides is 1. The Hall–Kier alpha value is -2.07. The number of aryl methyl sites for hydroxylation is 1. The average molecular weight is 335 g/mol. The van der Waals surface area contributed by atoms with Gasteiger partial charge in [-0.1, -0.05) is 12.1 Å². The van der Waals surface area contributed by atoms with Gasteiger partial charge in [-0.2, -0.15) is 0 Å². The maximum Gasteiger partial charge on any atom is 0.251 e. The fourth-order valence-electron chi connectivity index (χ4n) is 2.18. The predicted octanol–water partition coefficient (Wildman–Crippen LogP) is 3.57. The molecule has 1 heterocycles. The molecule has 0 fully saturated rings. The number of pyridine rings is 1. The van der Waals surface area contributed by atoms with E-state index in [1.54, 1.807) is 24.5 Å². The second-order valence-electron chi connectivity index (χ2n) is 5.51. The number of hydrogen-bond acceptors (Lipinski definition) is 3. The molecule has 0 saturated heterocycles. The summed E-state index contributed by atoms with van der Waals surface area (Å²) in [6.07, 6.45) is 4.20. The largest absolute Gasteiger partial charge is 0.491 e. The smallest absolute Gasteiger partial charge is 0.251 e. The number of nitrogens with one attached hydrogen (secondary N) is 1. The van der Waals surface area contributed by atoms with Gasteiger partial charge in [0.05, 0.1) is 6.10 Å². The molecule has 1 amide bonds. The van der Waals surface area contributed by atoms with E-state index in [1.807, 2.05) is 32.9 Å². The van der Waals surface area contributed by atoms with Crippen molar-refractivity contribution in [3.05, 3.63) is 59.4 Å². The van der Waals surface area contributed by atoms with Gasteiger partial charge in [-0.05, 0) is 56.5 Å². The van der Waals surface area contributed by atoms with Gasteiger partial charge in [0.2, 0.25) is 0 Å². The third-order valence-corrected chi connectivity index (χ3v) is 3.24. The molecule has 0 unspecified atom stereocenters. The molecule has 0 saturated carbocycles. The van der Waals surface area contributed by atoms with Gasteiger partial charge in [0.25, 0.3) is 5.91 Å². The van der Waals surface area contributed by atoms with Gasteiger partial charge >= 0.3 is 0 Å². The Morgan fingerprint density at radius 1 is 1.22 bits per heavy atom. The molecule has 23 heavy (non-hydrogen) atoms. The monoisotopic (exact) mass is 334 g/mol. The van der Waals surface area contributed by atoms with Gasteiger partial charge < -0.3 is 10.1 Å². The zero-order valence-corrected chi connectivity index (χ0v) is 14.5. The molecule has 2 rings (SSSR count).